The molecule has 0 saturated heterocycles. The number of hydrogen-bond acceptors (Lipinski definition) is 6. The second-order valence-corrected chi connectivity index (χ2v) is 6.89. The Balaban J connectivity index is 1.65. The molecule has 1 aliphatic heterocycles. The molecule has 0 N–H and O–H groups in total. The summed E-state index contributed by atoms with van der Waals surface area (Å²) in [6, 6.07) is 7.37. The van der Waals surface area contributed by atoms with Gasteiger partial charge in [-0.05, 0) is 43.2 Å². The summed E-state index contributed by atoms with van der Waals surface area (Å²) in [6.45, 7) is 4.51. The summed E-state index contributed by atoms with van der Waals surface area (Å²) < 4.78 is 6.67. The summed E-state index contributed by atoms with van der Waals surface area (Å²) in [7, 11) is 0. The number of fused-ring (bicyclic) bond motifs is 1. The molecule has 0 saturated carbocycles. The lowest BCUT2D eigenvalue weighted by atomic mass is 9.99. The summed E-state index contributed by atoms with van der Waals surface area (Å²) in [4.78, 5) is 25.3. The summed E-state index contributed by atoms with van der Waals surface area (Å²) >= 11 is 0. The third-order valence-electron chi connectivity index (χ3n) is 4.92. The molecule has 1 aromatic carbocycles. The van der Waals surface area contributed by atoms with Crippen LogP contribution in [-0.2, 0) is 13.0 Å². The number of carbonyl (C=O) groups excluding carboxylic acids is 1. The van der Waals surface area contributed by atoms with Crippen molar-refractivity contribution in [3.05, 3.63) is 68.7 Å². The number of carbonyl (C=O) groups is 1. The van der Waals surface area contributed by atoms with Gasteiger partial charge in [-0.1, -0.05) is 22.9 Å². The monoisotopic (exact) mass is 381 g/mol. The maximum Gasteiger partial charge on any atom is 0.389 e. The van der Waals surface area contributed by atoms with Gasteiger partial charge in [-0.15, -0.1) is 0 Å². The Kier molecular flexibility index (Phi) is 4.42. The summed E-state index contributed by atoms with van der Waals surface area (Å²) in [6.07, 6.45) is 3.31. The van der Waals surface area contributed by atoms with Gasteiger partial charge in [0.25, 0.3) is 5.91 Å². The van der Waals surface area contributed by atoms with E-state index < -0.39 is 4.92 Å². The highest BCUT2D eigenvalue weighted by Gasteiger charge is 2.29. The van der Waals surface area contributed by atoms with Crippen molar-refractivity contribution in [3.63, 3.8) is 0 Å². The molecule has 0 aliphatic carbocycles. The molecule has 0 unspecified atom stereocenters. The quantitative estimate of drug-likeness (QED) is 0.508. The van der Waals surface area contributed by atoms with Gasteiger partial charge in [-0.3, -0.25) is 4.79 Å². The molecule has 3 heterocycles. The van der Waals surface area contributed by atoms with Crippen molar-refractivity contribution in [2.75, 3.05) is 11.4 Å². The van der Waals surface area contributed by atoms with E-state index in [1.54, 1.807) is 11.8 Å². The predicted octanol–water partition coefficient (Wildman–Crippen LogP) is 3.04. The Hall–Kier alpha value is -3.49. The van der Waals surface area contributed by atoms with Crippen molar-refractivity contribution < 1.29 is 14.2 Å². The van der Waals surface area contributed by atoms with E-state index in [9.17, 15) is 14.9 Å². The lowest BCUT2D eigenvalue weighted by Gasteiger charge is -2.29. The zero-order valence-corrected chi connectivity index (χ0v) is 15.6. The van der Waals surface area contributed by atoms with Gasteiger partial charge in [0, 0.05) is 12.2 Å². The van der Waals surface area contributed by atoms with Crippen LogP contribution in [0, 0.1) is 24.0 Å². The summed E-state index contributed by atoms with van der Waals surface area (Å²) in [5.74, 6) is 0.00302. The number of rotatable bonds is 4. The Morgan fingerprint density at radius 2 is 2.14 bits per heavy atom. The van der Waals surface area contributed by atoms with Crippen molar-refractivity contribution in [3.8, 4) is 0 Å². The molecule has 4 rings (SSSR count). The van der Waals surface area contributed by atoms with Gasteiger partial charge in [0.15, 0.2) is 5.69 Å². The van der Waals surface area contributed by atoms with E-state index in [2.05, 4.69) is 16.3 Å². The van der Waals surface area contributed by atoms with Crippen LogP contribution in [0.4, 0.5) is 11.5 Å². The van der Waals surface area contributed by atoms with E-state index in [0.29, 0.717) is 17.9 Å². The van der Waals surface area contributed by atoms with Gasteiger partial charge < -0.3 is 19.5 Å². The number of nitrogens with zero attached hydrogens (tertiary/aromatic N) is 5. The number of aryl methyl sites for hydroxylation is 3. The Morgan fingerprint density at radius 1 is 1.32 bits per heavy atom. The molecule has 0 radical (unpaired) electrons. The zero-order chi connectivity index (χ0) is 19.8. The van der Waals surface area contributed by atoms with Crippen LogP contribution in [0.1, 0.15) is 39.4 Å². The van der Waals surface area contributed by atoms with E-state index in [0.717, 1.165) is 29.7 Å². The Labute approximate surface area is 160 Å². The van der Waals surface area contributed by atoms with Crippen molar-refractivity contribution in [1.82, 2.24) is 14.9 Å². The van der Waals surface area contributed by atoms with Crippen LogP contribution in [0.25, 0.3) is 0 Å². The maximum atomic E-state index is 13.3. The Morgan fingerprint density at radius 3 is 2.89 bits per heavy atom. The highest BCUT2D eigenvalue weighted by Crippen LogP contribution is 2.30. The predicted molar refractivity (Wildman–Crippen MR) is 100 cm³/mol. The molecule has 1 amide bonds. The molecule has 3 aromatic rings. The molecule has 0 fully saturated rings. The van der Waals surface area contributed by atoms with E-state index in [-0.39, 0.29) is 24.0 Å². The normalized spacial score (nSPS) is 13.4. The van der Waals surface area contributed by atoms with Gasteiger partial charge in [-0.2, -0.15) is 4.68 Å². The Bertz CT molecular complexity index is 1070. The number of hydrogen-bond donors (Lipinski definition) is 0. The highest BCUT2D eigenvalue weighted by molar-refractivity contribution is 6.06. The third-order valence-corrected chi connectivity index (χ3v) is 4.92. The lowest BCUT2D eigenvalue weighted by Crippen LogP contribution is -2.36. The molecule has 0 spiro atoms. The molecule has 1 aliphatic rings. The van der Waals surface area contributed by atoms with Crippen LogP contribution in [0.15, 0.2) is 35.0 Å². The minimum Gasteiger partial charge on any atom is -0.361 e. The van der Waals surface area contributed by atoms with Gasteiger partial charge in [0.2, 0.25) is 0 Å². The largest absolute Gasteiger partial charge is 0.389 e. The minimum atomic E-state index is -0.560. The first kappa shape index (κ1) is 17.9. The molecular weight excluding hydrogens is 362 g/mol. The number of amides is 1. The van der Waals surface area contributed by atoms with E-state index in [4.69, 9.17) is 4.52 Å². The number of aromatic nitrogens is 3. The van der Waals surface area contributed by atoms with Crippen molar-refractivity contribution in [1.29, 1.82) is 0 Å². The molecular formula is C19H19N5O4. The highest BCUT2D eigenvalue weighted by atomic mass is 16.6. The van der Waals surface area contributed by atoms with E-state index in [1.165, 1.54) is 16.9 Å². The number of nitro groups is 1. The zero-order valence-electron chi connectivity index (χ0n) is 15.6. The van der Waals surface area contributed by atoms with Crippen LogP contribution in [0.2, 0.25) is 0 Å². The van der Waals surface area contributed by atoms with Crippen molar-refractivity contribution >= 4 is 17.4 Å². The van der Waals surface area contributed by atoms with Crippen LogP contribution < -0.4 is 4.90 Å². The second-order valence-electron chi connectivity index (χ2n) is 6.89. The minimum absolute atomic E-state index is 0.166. The fourth-order valence-electron chi connectivity index (χ4n) is 3.51. The number of benzene rings is 1. The summed E-state index contributed by atoms with van der Waals surface area (Å²) in [5, 5.41) is 18.7. The fraction of sp³-hybridized carbons (Fsp3) is 0.316. The maximum absolute atomic E-state index is 13.3. The second kappa shape index (κ2) is 6.91. The van der Waals surface area contributed by atoms with Crippen LogP contribution in [-0.4, -0.2) is 32.3 Å². The first-order chi connectivity index (χ1) is 13.4. The average Bonchev–Trinajstić information content (AvgIpc) is 3.28. The fourth-order valence-corrected chi connectivity index (χ4v) is 3.51. The SMILES string of the molecule is Cc1ccc2c(c1)CCCN2C(=O)c1noc(C)c1Cn1ccc([N+](=O)[O-])n1. The van der Waals surface area contributed by atoms with Crippen LogP contribution in [0.3, 0.4) is 0 Å². The lowest BCUT2D eigenvalue weighted by molar-refractivity contribution is -0.389. The standard InChI is InChI=1S/C19H19N5O4/c1-12-5-6-16-14(10-12)4-3-8-23(16)19(25)18-15(13(2)28-21-18)11-22-9-7-17(20-22)24(26)27/h5-7,9-10H,3-4,8,11H2,1-2H3. The third kappa shape index (κ3) is 3.15. The van der Waals surface area contributed by atoms with E-state index in [1.807, 2.05) is 19.1 Å². The van der Waals surface area contributed by atoms with Crippen LogP contribution >= 0.6 is 0 Å². The van der Waals surface area contributed by atoms with Gasteiger partial charge in [0.05, 0.1) is 29.5 Å². The van der Waals surface area contributed by atoms with Gasteiger partial charge >= 0.3 is 5.82 Å². The molecule has 9 heteroatoms. The molecule has 144 valence electrons. The van der Waals surface area contributed by atoms with Crippen molar-refractivity contribution in [2.24, 2.45) is 0 Å². The molecule has 2 aromatic heterocycles. The van der Waals surface area contributed by atoms with Gasteiger partial charge in [0.1, 0.15) is 5.76 Å². The molecule has 28 heavy (non-hydrogen) atoms. The first-order valence-electron chi connectivity index (χ1n) is 8.98. The first-order valence-corrected chi connectivity index (χ1v) is 8.98. The molecule has 9 nitrogen and oxygen atoms in total. The molecule has 0 bridgehead atoms. The summed E-state index contributed by atoms with van der Waals surface area (Å²) in [5.41, 5.74) is 3.98. The smallest absolute Gasteiger partial charge is 0.361 e. The van der Waals surface area contributed by atoms with Crippen LogP contribution in [0.5, 0.6) is 0 Å². The van der Waals surface area contributed by atoms with Gasteiger partial charge in [-0.25, -0.2) is 0 Å². The molecule has 0 atom stereocenters. The average molecular weight is 381 g/mol. The number of anilines is 1. The topological polar surface area (TPSA) is 107 Å². The van der Waals surface area contributed by atoms with E-state index >= 15 is 0 Å². The van der Waals surface area contributed by atoms with Crippen molar-refractivity contribution in [2.45, 2.75) is 33.2 Å².